The number of urea groups is 1. The Hall–Kier alpha value is -3.10. The number of pyridine rings is 1. The SMILES string of the molecule is Cc1cc(-c2cnc(NC(=O)N3CCOC(C)C3)nc2-c2ccc(F)cc2)cc(Cl)n1. The number of aromatic nitrogens is 3. The van der Waals surface area contributed by atoms with Gasteiger partial charge in [-0.25, -0.2) is 24.1 Å². The first kappa shape index (κ1) is 21.1. The normalized spacial score (nSPS) is 16.3. The number of benzene rings is 1. The number of aryl methyl sites for hydroxylation is 1. The fourth-order valence-electron chi connectivity index (χ4n) is 3.44. The lowest BCUT2D eigenvalue weighted by molar-refractivity contribution is -0.00141. The van der Waals surface area contributed by atoms with Crippen molar-refractivity contribution in [1.29, 1.82) is 0 Å². The Kier molecular flexibility index (Phi) is 6.11. The molecule has 7 nitrogen and oxygen atoms in total. The van der Waals surface area contributed by atoms with Crippen molar-refractivity contribution in [3.8, 4) is 22.4 Å². The monoisotopic (exact) mass is 441 g/mol. The second-order valence-electron chi connectivity index (χ2n) is 7.34. The molecule has 1 atom stereocenters. The Morgan fingerprint density at radius 2 is 2.00 bits per heavy atom. The minimum atomic E-state index is -0.350. The van der Waals surface area contributed by atoms with Crippen molar-refractivity contribution >= 4 is 23.6 Å². The van der Waals surface area contributed by atoms with E-state index in [0.717, 1.165) is 11.3 Å². The van der Waals surface area contributed by atoms with E-state index >= 15 is 0 Å². The van der Waals surface area contributed by atoms with Crippen LogP contribution in [0.5, 0.6) is 0 Å². The summed E-state index contributed by atoms with van der Waals surface area (Å²) in [4.78, 5) is 27.4. The van der Waals surface area contributed by atoms with Crippen LogP contribution in [0.2, 0.25) is 5.15 Å². The van der Waals surface area contributed by atoms with E-state index in [-0.39, 0.29) is 23.9 Å². The van der Waals surface area contributed by atoms with Crippen LogP contribution in [0, 0.1) is 12.7 Å². The van der Waals surface area contributed by atoms with Gasteiger partial charge in [-0.15, -0.1) is 0 Å². The van der Waals surface area contributed by atoms with E-state index in [1.165, 1.54) is 12.1 Å². The molecule has 2 amide bonds. The lowest BCUT2D eigenvalue weighted by Gasteiger charge is -2.30. The highest BCUT2D eigenvalue weighted by atomic mass is 35.5. The van der Waals surface area contributed by atoms with Crippen LogP contribution < -0.4 is 5.32 Å². The largest absolute Gasteiger partial charge is 0.375 e. The van der Waals surface area contributed by atoms with Gasteiger partial charge >= 0.3 is 6.03 Å². The van der Waals surface area contributed by atoms with Crippen LogP contribution in [0.4, 0.5) is 15.1 Å². The molecule has 3 aromatic rings. The van der Waals surface area contributed by atoms with Gasteiger partial charge < -0.3 is 9.64 Å². The summed E-state index contributed by atoms with van der Waals surface area (Å²) < 4.78 is 19.0. The zero-order valence-corrected chi connectivity index (χ0v) is 17.9. The number of carbonyl (C=O) groups excluding carboxylic acids is 1. The summed E-state index contributed by atoms with van der Waals surface area (Å²) in [5.41, 5.74) is 3.43. The van der Waals surface area contributed by atoms with E-state index in [4.69, 9.17) is 16.3 Å². The lowest BCUT2D eigenvalue weighted by atomic mass is 10.0. The third-order valence-corrected chi connectivity index (χ3v) is 5.08. The highest BCUT2D eigenvalue weighted by Gasteiger charge is 2.22. The van der Waals surface area contributed by atoms with Crippen molar-refractivity contribution < 1.29 is 13.9 Å². The summed E-state index contributed by atoms with van der Waals surface area (Å²) in [6.07, 6.45) is 1.59. The molecule has 0 bridgehead atoms. The molecule has 9 heteroatoms. The van der Waals surface area contributed by atoms with E-state index < -0.39 is 0 Å². The fourth-order valence-corrected chi connectivity index (χ4v) is 3.69. The lowest BCUT2D eigenvalue weighted by Crippen LogP contribution is -2.46. The summed E-state index contributed by atoms with van der Waals surface area (Å²) in [6, 6.07) is 9.27. The second kappa shape index (κ2) is 8.95. The van der Waals surface area contributed by atoms with E-state index in [1.807, 2.05) is 19.9 Å². The first-order valence-electron chi connectivity index (χ1n) is 9.84. The Morgan fingerprint density at radius 1 is 1.23 bits per heavy atom. The third-order valence-electron chi connectivity index (χ3n) is 4.89. The molecule has 4 rings (SSSR count). The molecule has 1 saturated heterocycles. The summed E-state index contributed by atoms with van der Waals surface area (Å²) in [7, 11) is 0. The maximum Gasteiger partial charge on any atom is 0.324 e. The molecular weight excluding hydrogens is 421 g/mol. The molecule has 0 saturated carbocycles. The van der Waals surface area contributed by atoms with Gasteiger partial charge in [-0.3, -0.25) is 5.32 Å². The predicted molar refractivity (Wildman–Crippen MR) is 116 cm³/mol. The van der Waals surface area contributed by atoms with Crippen LogP contribution in [0.1, 0.15) is 12.6 Å². The van der Waals surface area contributed by atoms with Gasteiger partial charge in [0.15, 0.2) is 0 Å². The van der Waals surface area contributed by atoms with E-state index in [2.05, 4.69) is 20.3 Å². The Bertz CT molecular complexity index is 1090. The van der Waals surface area contributed by atoms with Crippen molar-refractivity contribution in [2.45, 2.75) is 20.0 Å². The Labute approximate surface area is 184 Å². The number of rotatable bonds is 3. The summed E-state index contributed by atoms with van der Waals surface area (Å²) in [5, 5.41) is 3.10. The van der Waals surface area contributed by atoms with Crippen molar-refractivity contribution in [1.82, 2.24) is 19.9 Å². The van der Waals surface area contributed by atoms with Crippen molar-refractivity contribution in [2.24, 2.45) is 0 Å². The molecule has 1 fully saturated rings. The zero-order valence-electron chi connectivity index (χ0n) is 17.1. The summed E-state index contributed by atoms with van der Waals surface area (Å²) in [5.74, 6) is -0.193. The maximum atomic E-state index is 13.5. The second-order valence-corrected chi connectivity index (χ2v) is 7.73. The molecule has 2 aromatic heterocycles. The van der Waals surface area contributed by atoms with Gasteiger partial charge in [0, 0.05) is 36.1 Å². The molecule has 3 heterocycles. The van der Waals surface area contributed by atoms with Gasteiger partial charge in [0.25, 0.3) is 0 Å². The van der Waals surface area contributed by atoms with Crippen molar-refractivity contribution in [2.75, 3.05) is 25.0 Å². The van der Waals surface area contributed by atoms with E-state index in [0.29, 0.717) is 41.7 Å². The van der Waals surface area contributed by atoms with Gasteiger partial charge in [0.2, 0.25) is 5.95 Å². The molecule has 0 aliphatic carbocycles. The van der Waals surface area contributed by atoms with Gasteiger partial charge in [-0.05, 0) is 55.8 Å². The van der Waals surface area contributed by atoms with E-state index in [1.54, 1.807) is 29.3 Å². The maximum absolute atomic E-state index is 13.5. The minimum absolute atomic E-state index is 0.0303. The molecule has 31 heavy (non-hydrogen) atoms. The third kappa shape index (κ3) is 4.98. The van der Waals surface area contributed by atoms with Crippen LogP contribution in [-0.4, -0.2) is 51.7 Å². The molecule has 1 aromatic carbocycles. The van der Waals surface area contributed by atoms with Gasteiger partial charge in [-0.1, -0.05) is 11.6 Å². The first-order chi connectivity index (χ1) is 14.9. The molecule has 1 unspecified atom stereocenters. The molecule has 1 N–H and O–H groups in total. The van der Waals surface area contributed by atoms with Gasteiger partial charge in [0.1, 0.15) is 11.0 Å². The first-order valence-corrected chi connectivity index (χ1v) is 10.2. The number of halogens is 2. The molecule has 1 aliphatic rings. The smallest absolute Gasteiger partial charge is 0.324 e. The van der Waals surface area contributed by atoms with Crippen LogP contribution in [0.3, 0.4) is 0 Å². The number of carbonyl (C=O) groups is 1. The van der Waals surface area contributed by atoms with Crippen molar-refractivity contribution in [3.63, 3.8) is 0 Å². The highest BCUT2D eigenvalue weighted by Crippen LogP contribution is 2.32. The van der Waals surface area contributed by atoms with Gasteiger partial charge in [-0.2, -0.15) is 0 Å². The average molecular weight is 442 g/mol. The topological polar surface area (TPSA) is 80.2 Å². The predicted octanol–water partition coefficient (Wildman–Crippen LogP) is 4.56. The average Bonchev–Trinajstić information content (AvgIpc) is 2.73. The number of morpholine rings is 1. The van der Waals surface area contributed by atoms with E-state index in [9.17, 15) is 9.18 Å². The van der Waals surface area contributed by atoms with Crippen LogP contribution in [-0.2, 0) is 4.74 Å². The molecule has 160 valence electrons. The number of nitrogens with zero attached hydrogens (tertiary/aromatic N) is 4. The number of hydrogen-bond acceptors (Lipinski definition) is 5. The van der Waals surface area contributed by atoms with Crippen molar-refractivity contribution in [3.05, 3.63) is 59.3 Å². The van der Waals surface area contributed by atoms with Crippen LogP contribution in [0.25, 0.3) is 22.4 Å². The Morgan fingerprint density at radius 3 is 2.71 bits per heavy atom. The number of amides is 2. The highest BCUT2D eigenvalue weighted by molar-refractivity contribution is 6.29. The number of nitrogens with one attached hydrogen (secondary N) is 1. The number of ether oxygens (including phenoxy) is 1. The Balaban J connectivity index is 1.71. The standard InChI is InChI=1S/C22H21ClFN5O2/c1-13-9-16(10-19(23)26-13)18-11-25-21(27-20(18)15-3-5-17(24)6-4-15)28-22(30)29-7-8-31-14(2)12-29/h3-6,9-11,14H,7-8,12H2,1-2H3,(H,25,27,28,30). The van der Waals surface area contributed by atoms with Gasteiger partial charge in [0.05, 0.1) is 18.4 Å². The molecular formula is C22H21ClFN5O2. The summed E-state index contributed by atoms with van der Waals surface area (Å²) in [6.45, 7) is 5.22. The van der Waals surface area contributed by atoms with Crippen LogP contribution >= 0.6 is 11.6 Å². The van der Waals surface area contributed by atoms with Crippen LogP contribution in [0.15, 0.2) is 42.6 Å². The summed E-state index contributed by atoms with van der Waals surface area (Å²) >= 11 is 6.14. The zero-order chi connectivity index (χ0) is 22.0. The fraction of sp³-hybridized carbons (Fsp3) is 0.273. The molecule has 0 radical (unpaired) electrons. The number of hydrogen-bond donors (Lipinski definition) is 1. The molecule has 0 spiro atoms. The minimum Gasteiger partial charge on any atom is -0.375 e. The quantitative estimate of drug-likeness (QED) is 0.603. The number of anilines is 1. The molecule has 1 aliphatic heterocycles.